The van der Waals surface area contributed by atoms with Gasteiger partial charge in [0, 0.05) is 10.8 Å². The first kappa shape index (κ1) is 11.5. The van der Waals surface area contributed by atoms with Gasteiger partial charge in [-0.2, -0.15) is 0 Å². The highest BCUT2D eigenvalue weighted by Crippen LogP contribution is 2.17. The summed E-state index contributed by atoms with van der Waals surface area (Å²) in [4.78, 5) is 10.2. The average Bonchev–Trinajstić information content (AvgIpc) is 2.18. The molecule has 0 aromatic heterocycles. The Bertz CT molecular complexity index is 275. The molecular weight excluding hydrogens is 216 g/mol. The van der Waals surface area contributed by atoms with Gasteiger partial charge in [-0.15, -0.1) is 23.5 Å². The van der Waals surface area contributed by atoms with Gasteiger partial charge in [-0.25, -0.2) is 0 Å². The zero-order chi connectivity index (χ0) is 10.2. The molecule has 14 heavy (non-hydrogen) atoms. The second-order valence-corrected chi connectivity index (χ2v) is 5.03. The van der Waals surface area contributed by atoms with Crippen LogP contribution >= 0.6 is 23.5 Å². The van der Waals surface area contributed by atoms with E-state index in [2.05, 4.69) is 12.1 Å². The lowest BCUT2D eigenvalue weighted by atomic mass is 10.2. The fourth-order valence-corrected chi connectivity index (χ4v) is 2.66. The number of carboxylic acids is 1. The molecule has 0 aliphatic rings. The first-order valence-electron chi connectivity index (χ1n) is 4.20. The smallest absolute Gasteiger partial charge is 0.313 e. The van der Waals surface area contributed by atoms with E-state index in [1.807, 2.05) is 18.2 Å². The zero-order valence-corrected chi connectivity index (χ0v) is 9.31. The van der Waals surface area contributed by atoms with Gasteiger partial charge in [-0.1, -0.05) is 30.3 Å². The predicted octanol–water partition coefficient (Wildman–Crippen LogP) is 2.70. The molecule has 1 rings (SSSR count). The van der Waals surface area contributed by atoms with Gasteiger partial charge in [-0.3, -0.25) is 4.79 Å². The van der Waals surface area contributed by atoms with Crippen LogP contribution in [0.1, 0.15) is 5.56 Å². The molecule has 0 bridgehead atoms. The fourth-order valence-electron chi connectivity index (χ4n) is 0.922. The van der Waals surface area contributed by atoms with Crippen molar-refractivity contribution in [3.8, 4) is 0 Å². The second kappa shape index (κ2) is 6.79. The van der Waals surface area contributed by atoms with Crippen LogP contribution in [0.25, 0.3) is 0 Å². The lowest BCUT2D eigenvalue weighted by molar-refractivity contribution is -0.133. The van der Waals surface area contributed by atoms with E-state index < -0.39 is 5.97 Å². The van der Waals surface area contributed by atoms with Crippen molar-refractivity contribution < 1.29 is 9.90 Å². The van der Waals surface area contributed by atoms with Gasteiger partial charge in [0.2, 0.25) is 0 Å². The largest absolute Gasteiger partial charge is 0.481 e. The molecule has 0 atom stereocenters. The Labute approximate surface area is 92.1 Å². The molecule has 0 saturated heterocycles. The maximum absolute atomic E-state index is 10.2. The molecule has 76 valence electrons. The molecular formula is C10H12O2S2. The SMILES string of the molecule is O=C(O)CSCSCc1ccccc1. The van der Waals surface area contributed by atoms with E-state index >= 15 is 0 Å². The van der Waals surface area contributed by atoms with E-state index in [1.165, 1.54) is 17.3 Å². The molecule has 0 saturated carbocycles. The third-order valence-electron chi connectivity index (χ3n) is 1.50. The Morgan fingerprint density at radius 3 is 2.57 bits per heavy atom. The van der Waals surface area contributed by atoms with Crippen molar-refractivity contribution in [1.82, 2.24) is 0 Å². The summed E-state index contributed by atoms with van der Waals surface area (Å²) in [5, 5.41) is 9.23. The highest BCUT2D eigenvalue weighted by atomic mass is 32.2. The normalized spacial score (nSPS) is 10.0. The van der Waals surface area contributed by atoms with E-state index in [-0.39, 0.29) is 5.75 Å². The first-order chi connectivity index (χ1) is 6.79. The lowest BCUT2D eigenvalue weighted by Gasteiger charge is -2.00. The summed E-state index contributed by atoms with van der Waals surface area (Å²) in [6.07, 6.45) is 0. The molecule has 0 radical (unpaired) electrons. The molecule has 0 heterocycles. The number of hydrogen-bond acceptors (Lipinski definition) is 3. The van der Waals surface area contributed by atoms with Crippen molar-refractivity contribution >= 4 is 29.5 Å². The van der Waals surface area contributed by atoms with Crippen LogP contribution in [0.2, 0.25) is 0 Å². The Kier molecular flexibility index (Phi) is 5.56. The van der Waals surface area contributed by atoms with E-state index in [4.69, 9.17) is 5.11 Å². The fraction of sp³-hybridized carbons (Fsp3) is 0.300. The number of benzene rings is 1. The van der Waals surface area contributed by atoms with Crippen molar-refractivity contribution in [3.05, 3.63) is 35.9 Å². The van der Waals surface area contributed by atoms with E-state index in [1.54, 1.807) is 11.8 Å². The van der Waals surface area contributed by atoms with Gasteiger partial charge in [0.15, 0.2) is 0 Å². The standard InChI is InChI=1S/C10H12O2S2/c11-10(12)7-14-8-13-6-9-4-2-1-3-5-9/h1-5H,6-8H2,(H,11,12). The Morgan fingerprint density at radius 1 is 1.21 bits per heavy atom. The number of carboxylic acid groups (broad SMARTS) is 1. The van der Waals surface area contributed by atoms with E-state index in [0.717, 1.165) is 10.8 Å². The minimum atomic E-state index is -0.740. The number of rotatable bonds is 6. The molecule has 1 aromatic carbocycles. The summed E-state index contributed by atoms with van der Waals surface area (Å²) in [5.41, 5.74) is 1.29. The van der Waals surface area contributed by atoms with Crippen molar-refractivity contribution in [2.75, 3.05) is 10.8 Å². The topological polar surface area (TPSA) is 37.3 Å². The van der Waals surface area contributed by atoms with Crippen LogP contribution in [-0.2, 0) is 10.5 Å². The van der Waals surface area contributed by atoms with Crippen molar-refractivity contribution in [1.29, 1.82) is 0 Å². The van der Waals surface area contributed by atoms with Gasteiger partial charge >= 0.3 is 5.97 Å². The zero-order valence-electron chi connectivity index (χ0n) is 7.68. The van der Waals surface area contributed by atoms with Gasteiger partial charge in [0.1, 0.15) is 0 Å². The summed E-state index contributed by atoms with van der Waals surface area (Å²) in [6.45, 7) is 0. The molecule has 1 aromatic rings. The van der Waals surface area contributed by atoms with Gasteiger partial charge in [0.05, 0.1) is 5.75 Å². The van der Waals surface area contributed by atoms with Crippen LogP contribution in [-0.4, -0.2) is 21.9 Å². The maximum Gasteiger partial charge on any atom is 0.313 e. The van der Waals surface area contributed by atoms with Crippen molar-refractivity contribution in [2.24, 2.45) is 0 Å². The third-order valence-corrected chi connectivity index (χ3v) is 3.83. The molecule has 0 spiro atoms. The van der Waals surface area contributed by atoms with Crippen LogP contribution < -0.4 is 0 Å². The Morgan fingerprint density at radius 2 is 1.93 bits per heavy atom. The van der Waals surface area contributed by atoms with Gasteiger partial charge in [-0.05, 0) is 5.56 Å². The first-order valence-corrected chi connectivity index (χ1v) is 6.51. The van der Waals surface area contributed by atoms with Crippen LogP contribution in [0, 0.1) is 0 Å². The molecule has 4 heteroatoms. The summed E-state index contributed by atoms with van der Waals surface area (Å²) < 4.78 is 0. The minimum absolute atomic E-state index is 0.196. The predicted molar refractivity (Wildman–Crippen MR) is 62.7 cm³/mol. The summed E-state index contributed by atoms with van der Waals surface area (Å²) in [6, 6.07) is 10.2. The summed E-state index contributed by atoms with van der Waals surface area (Å²) >= 11 is 3.19. The molecule has 1 N–H and O–H groups in total. The molecule has 0 unspecified atom stereocenters. The highest BCUT2D eigenvalue weighted by Gasteiger charge is 1.97. The van der Waals surface area contributed by atoms with Gasteiger partial charge in [0.25, 0.3) is 0 Å². The monoisotopic (exact) mass is 228 g/mol. The van der Waals surface area contributed by atoms with Crippen LogP contribution in [0.15, 0.2) is 30.3 Å². The average molecular weight is 228 g/mol. The number of aliphatic carboxylic acids is 1. The van der Waals surface area contributed by atoms with Crippen molar-refractivity contribution in [2.45, 2.75) is 5.75 Å². The molecule has 0 fully saturated rings. The summed E-state index contributed by atoms with van der Waals surface area (Å²) in [7, 11) is 0. The van der Waals surface area contributed by atoms with Gasteiger partial charge < -0.3 is 5.11 Å². The second-order valence-electron chi connectivity index (χ2n) is 2.69. The molecule has 0 amide bonds. The van der Waals surface area contributed by atoms with Crippen LogP contribution in [0.3, 0.4) is 0 Å². The number of hydrogen-bond donors (Lipinski definition) is 1. The minimum Gasteiger partial charge on any atom is -0.481 e. The molecule has 2 nitrogen and oxygen atoms in total. The van der Waals surface area contributed by atoms with Crippen LogP contribution in [0.5, 0.6) is 0 Å². The molecule has 0 aliphatic carbocycles. The lowest BCUT2D eigenvalue weighted by Crippen LogP contribution is -1.97. The number of carbonyl (C=O) groups is 1. The summed E-state index contributed by atoms with van der Waals surface area (Å²) in [5.74, 6) is 0.408. The quantitative estimate of drug-likeness (QED) is 0.600. The van der Waals surface area contributed by atoms with Crippen LogP contribution in [0.4, 0.5) is 0 Å². The number of thioether (sulfide) groups is 2. The third kappa shape index (κ3) is 5.19. The Balaban J connectivity index is 2.08. The highest BCUT2D eigenvalue weighted by molar-refractivity contribution is 8.15. The van der Waals surface area contributed by atoms with E-state index in [0.29, 0.717) is 0 Å². The van der Waals surface area contributed by atoms with Crippen molar-refractivity contribution in [3.63, 3.8) is 0 Å². The Hall–Kier alpha value is -0.610. The molecule has 0 aliphatic heterocycles. The van der Waals surface area contributed by atoms with E-state index in [9.17, 15) is 4.79 Å². The maximum atomic E-state index is 10.2.